The van der Waals surface area contributed by atoms with Crippen molar-refractivity contribution in [1.29, 1.82) is 0 Å². The van der Waals surface area contributed by atoms with Crippen molar-refractivity contribution in [2.75, 3.05) is 4.72 Å². The van der Waals surface area contributed by atoms with Crippen LogP contribution < -0.4 is 4.72 Å². The van der Waals surface area contributed by atoms with Gasteiger partial charge < -0.3 is 4.57 Å². The Balaban J connectivity index is 2.01. The van der Waals surface area contributed by atoms with Crippen molar-refractivity contribution < 1.29 is 12.8 Å². The molecule has 0 unspecified atom stereocenters. The average molecular weight is 319 g/mol. The SMILES string of the molecule is Cc1nc2cc(S(=O)(=O)Nc3cccc(F)c3)ccc2n1C. The van der Waals surface area contributed by atoms with E-state index in [-0.39, 0.29) is 10.6 Å². The van der Waals surface area contributed by atoms with Gasteiger partial charge in [-0.05, 0) is 43.3 Å². The molecule has 2 aromatic carbocycles. The van der Waals surface area contributed by atoms with E-state index in [1.54, 1.807) is 6.07 Å². The topological polar surface area (TPSA) is 64.0 Å². The summed E-state index contributed by atoms with van der Waals surface area (Å²) in [6, 6.07) is 10.0. The van der Waals surface area contributed by atoms with E-state index in [1.165, 1.54) is 30.3 Å². The minimum Gasteiger partial charge on any atom is -0.331 e. The molecule has 0 spiro atoms. The van der Waals surface area contributed by atoms with Gasteiger partial charge in [0, 0.05) is 7.05 Å². The number of aryl methyl sites for hydroxylation is 2. The lowest BCUT2D eigenvalue weighted by atomic mass is 10.3. The molecular formula is C15H14FN3O2S. The molecular weight excluding hydrogens is 305 g/mol. The zero-order valence-corrected chi connectivity index (χ0v) is 12.9. The number of nitrogens with zero attached hydrogens (tertiary/aromatic N) is 2. The van der Waals surface area contributed by atoms with E-state index in [4.69, 9.17) is 0 Å². The van der Waals surface area contributed by atoms with Crippen molar-refractivity contribution in [3.05, 3.63) is 54.1 Å². The molecule has 22 heavy (non-hydrogen) atoms. The molecule has 0 aliphatic heterocycles. The highest BCUT2D eigenvalue weighted by molar-refractivity contribution is 7.92. The molecule has 0 aliphatic carbocycles. The minimum absolute atomic E-state index is 0.0855. The van der Waals surface area contributed by atoms with Crippen molar-refractivity contribution >= 4 is 26.7 Å². The monoisotopic (exact) mass is 319 g/mol. The molecule has 5 nitrogen and oxygen atoms in total. The highest BCUT2D eigenvalue weighted by Gasteiger charge is 2.16. The summed E-state index contributed by atoms with van der Waals surface area (Å²) >= 11 is 0. The quantitative estimate of drug-likeness (QED) is 0.807. The maximum Gasteiger partial charge on any atom is 0.261 e. The first kappa shape index (κ1) is 14.5. The summed E-state index contributed by atoms with van der Waals surface area (Å²) < 4.78 is 42.2. The van der Waals surface area contributed by atoms with Crippen molar-refractivity contribution in [2.24, 2.45) is 7.05 Å². The second kappa shape index (κ2) is 5.10. The van der Waals surface area contributed by atoms with Gasteiger partial charge in [0.15, 0.2) is 0 Å². The second-order valence-corrected chi connectivity index (χ2v) is 6.67. The summed E-state index contributed by atoms with van der Waals surface area (Å²) in [6.45, 7) is 1.85. The van der Waals surface area contributed by atoms with Crippen LogP contribution in [0.1, 0.15) is 5.82 Å². The molecule has 0 fully saturated rings. The minimum atomic E-state index is -3.79. The maximum absolute atomic E-state index is 13.2. The number of fused-ring (bicyclic) bond motifs is 1. The van der Waals surface area contributed by atoms with Gasteiger partial charge in [-0.1, -0.05) is 6.07 Å². The van der Waals surface area contributed by atoms with Crippen molar-refractivity contribution in [3.63, 3.8) is 0 Å². The Hall–Kier alpha value is -2.41. The Labute approximate surface area is 127 Å². The van der Waals surface area contributed by atoms with Gasteiger partial charge in [0.25, 0.3) is 10.0 Å². The predicted molar refractivity (Wildman–Crippen MR) is 82.7 cm³/mol. The van der Waals surface area contributed by atoms with Crippen molar-refractivity contribution in [3.8, 4) is 0 Å². The van der Waals surface area contributed by atoms with E-state index < -0.39 is 15.8 Å². The van der Waals surface area contributed by atoms with Crippen molar-refractivity contribution in [2.45, 2.75) is 11.8 Å². The molecule has 1 N–H and O–H groups in total. The van der Waals surface area contributed by atoms with Gasteiger partial charge in [0.05, 0.1) is 21.6 Å². The number of hydrogen-bond acceptors (Lipinski definition) is 3. The Morgan fingerprint density at radius 1 is 1.18 bits per heavy atom. The number of sulfonamides is 1. The third-order valence-corrected chi connectivity index (χ3v) is 4.84. The second-order valence-electron chi connectivity index (χ2n) is 4.98. The molecule has 0 bridgehead atoms. The summed E-state index contributed by atoms with van der Waals surface area (Å²) in [5.74, 6) is 0.290. The van der Waals surface area contributed by atoms with Crippen LogP contribution in [0.4, 0.5) is 10.1 Å². The Morgan fingerprint density at radius 2 is 1.95 bits per heavy atom. The number of benzene rings is 2. The molecule has 7 heteroatoms. The fourth-order valence-corrected chi connectivity index (χ4v) is 3.30. The van der Waals surface area contributed by atoms with Crippen LogP contribution in [-0.2, 0) is 17.1 Å². The first-order chi connectivity index (χ1) is 10.4. The van der Waals surface area contributed by atoms with Gasteiger partial charge >= 0.3 is 0 Å². The van der Waals surface area contributed by atoms with Gasteiger partial charge in [-0.25, -0.2) is 17.8 Å². The van der Waals surface area contributed by atoms with Crippen LogP contribution in [0.2, 0.25) is 0 Å². The van der Waals surface area contributed by atoms with E-state index >= 15 is 0 Å². The molecule has 1 aromatic heterocycles. The van der Waals surface area contributed by atoms with Crippen LogP contribution in [-0.4, -0.2) is 18.0 Å². The van der Waals surface area contributed by atoms with Gasteiger partial charge in [0.1, 0.15) is 11.6 Å². The van der Waals surface area contributed by atoms with E-state index in [9.17, 15) is 12.8 Å². The average Bonchev–Trinajstić information content (AvgIpc) is 2.73. The number of anilines is 1. The summed E-state index contributed by atoms with van der Waals surface area (Å²) in [5.41, 5.74) is 1.63. The van der Waals surface area contributed by atoms with E-state index in [0.29, 0.717) is 5.52 Å². The van der Waals surface area contributed by atoms with Crippen LogP contribution in [0.25, 0.3) is 11.0 Å². The summed E-state index contributed by atoms with van der Waals surface area (Å²) in [7, 11) is -1.93. The molecule has 0 aliphatic rings. The smallest absolute Gasteiger partial charge is 0.261 e. The largest absolute Gasteiger partial charge is 0.331 e. The third kappa shape index (κ3) is 2.55. The lowest BCUT2D eigenvalue weighted by Crippen LogP contribution is -2.13. The fourth-order valence-electron chi connectivity index (χ4n) is 2.23. The normalized spacial score (nSPS) is 11.8. The number of imidazole rings is 1. The molecule has 0 saturated heterocycles. The molecule has 3 aromatic rings. The van der Waals surface area contributed by atoms with Crippen molar-refractivity contribution in [1.82, 2.24) is 9.55 Å². The maximum atomic E-state index is 13.2. The number of halogens is 1. The van der Waals surface area contributed by atoms with Gasteiger partial charge in [-0.2, -0.15) is 0 Å². The standard InChI is InChI=1S/C15H14FN3O2S/c1-10-17-14-9-13(6-7-15(14)19(10)2)22(20,21)18-12-5-3-4-11(16)8-12/h3-9,18H,1-2H3. The molecule has 1 heterocycles. The molecule has 3 rings (SSSR count). The highest BCUT2D eigenvalue weighted by Crippen LogP contribution is 2.21. The number of hydrogen-bond donors (Lipinski definition) is 1. The van der Waals surface area contributed by atoms with Crippen LogP contribution in [0.5, 0.6) is 0 Å². The first-order valence-corrected chi connectivity index (χ1v) is 8.06. The molecule has 0 atom stereocenters. The zero-order chi connectivity index (χ0) is 15.9. The lowest BCUT2D eigenvalue weighted by Gasteiger charge is -2.08. The Bertz CT molecular complexity index is 964. The van der Waals surface area contributed by atoms with Crippen LogP contribution in [0.3, 0.4) is 0 Å². The predicted octanol–water partition coefficient (Wildman–Crippen LogP) is 2.82. The highest BCUT2D eigenvalue weighted by atomic mass is 32.2. The molecule has 0 radical (unpaired) electrons. The molecule has 114 valence electrons. The van der Waals surface area contributed by atoms with Gasteiger partial charge in [-0.3, -0.25) is 4.72 Å². The zero-order valence-electron chi connectivity index (χ0n) is 12.0. The van der Waals surface area contributed by atoms with E-state index in [0.717, 1.165) is 17.4 Å². The lowest BCUT2D eigenvalue weighted by molar-refractivity contribution is 0.601. The van der Waals surface area contributed by atoms with Gasteiger partial charge in [-0.15, -0.1) is 0 Å². The molecule has 0 saturated carbocycles. The third-order valence-electron chi connectivity index (χ3n) is 3.46. The number of aromatic nitrogens is 2. The summed E-state index contributed by atoms with van der Waals surface area (Å²) in [4.78, 5) is 4.40. The molecule has 0 amide bonds. The van der Waals surface area contributed by atoms with Crippen LogP contribution in [0.15, 0.2) is 47.4 Å². The van der Waals surface area contributed by atoms with E-state index in [1.807, 2.05) is 18.5 Å². The van der Waals surface area contributed by atoms with E-state index in [2.05, 4.69) is 9.71 Å². The fraction of sp³-hybridized carbons (Fsp3) is 0.133. The Morgan fingerprint density at radius 3 is 2.68 bits per heavy atom. The summed E-state index contributed by atoms with van der Waals surface area (Å²) in [6.07, 6.45) is 0. The number of nitrogens with one attached hydrogen (secondary N) is 1. The summed E-state index contributed by atoms with van der Waals surface area (Å²) in [5, 5.41) is 0. The number of rotatable bonds is 3. The first-order valence-electron chi connectivity index (χ1n) is 6.58. The van der Waals surface area contributed by atoms with Crippen LogP contribution >= 0.6 is 0 Å². The van der Waals surface area contributed by atoms with Gasteiger partial charge in [0.2, 0.25) is 0 Å². The Kier molecular flexibility index (Phi) is 3.37. The van der Waals surface area contributed by atoms with Crippen LogP contribution in [0, 0.1) is 12.7 Å².